The van der Waals surface area contributed by atoms with Crippen LogP contribution in [0.3, 0.4) is 0 Å². The zero-order valence-electron chi connectivity index (χ0n) is 6.62. The van der Waals surface area contributed by atoms with Gasteiger partial charge in [-0.2, -0.15) is 0 Å². The lowest BCUT2D eigenvalue weighted by Gasteiger charge is -2.00. The summed E-state index contributed by atoms with van der Waals surface area (Å²) in [6, 6.07) is 0. The molecule has 0 aromatic heterocycles. The fourth-order valence-corrected chi connectivity index (χ4v) is 1.63. The van der Waals surface area contributed by atoms with E-state index in [1.807, 2.05) is 0 Å². The van der Waals surface area contributed by atoms with E-state index in [0.29, 0.717) is 17.9 Å². The predicted molar refractivity (Wildman–Crippen MR) is 45.3 cm³/mol. The minimum absolute atomic E-state index is 0.0402. The Balaban J connectivity index is 2.75. The second kappa shape index (κ2) is 3.62. The van der Waals surface area contributed by atoms with Gasteiger partial charge < -0.3 is 10.5 Å². The van der Waals surface area contributed by atoms with Crippen molar-refractivity contribution in [2.45, 2.75) is 6.92 Å². The Morgan fingerprint density at radius 3 is 2.83 bits per heavy atom. The molecule has 0 spiro atoms. The molecule has 0 unspecified atom stereocenters. The van der Waals surface area contributed by atoms with Crippen LogP contribution in [0.1, 0.15) is 6.92 Å². The highest BCUT2D eigenvalue weighted by molar-refractivity contribution is 8.14. The molecule has 0 aromatic carbocycles. The first-order chi connectivity index (χ1) is 5.66. The number of thioether (sulfide) groups is 1. The second-order valence-corrected chi connectivity index (χ2v) is 3.14. The van der Waals surface area contributed by atoms with E-state index in [-0.39, 0.29) is 10.8 Å². The Hall–Kier alpha value is -0.970. The molecule has 0 fully saturated rings. The van der Waals surface area contributed by atoms with E-state index in [1.165, 1.54) is 0 Å². The van der Waals surface area contributed by atoms with Crippen molar-refractivity contribution in [2.24, 2.45) is 5.73 Å². The molecule has 0 radical (unpaired) electrons. The normalized spacial score (nSPS) is 16.9. The van der Waals surface area contributed by atoms with Gasteiger partial charge >= 0.3 is 5.97 Å². The topological polar surface area (TPSA) is 69.4 Å². The SMILES string of the molecule is CCOC(=O)C1=C(N)C(=O)SC1. The molecule has 2 N–H and O–H groups in total. The lowest BCUT2D eigenvalue weighted by Crippen LogP contribution is -2.13. The summed E-state index contributed by atoms with van der Waals surface area (Å²) in [6.07, 6.45) is 0. The smallest absolute Gasteiger partial charge is 0.337 e. The minimum atomic E-state index is -0.478. The van der Waals surface area contributed by atoms with E-state index < -0.39 is 5.97 Å². The Labute approximate surface area is 74.1 Å². The van der Waals surface area contributed by atoms with Crippen molar-refractivity contribution < 1.29 is 14.3 Å². The van der Waals surface area contributed by atoms with Gasteiger partial charge in [-0.15, -0.1) is 0 Å². The van der Waals surface area contributed by atoms with Gasteiger partial charge in [-0.25, -0.2) is 4.79 Å². The second-order valence-electron chi connectivity index (χ2n) is 2.19. The molecule has 0 atom stereocenters. The van der Waals surface area contributed by atoms with Crippen LogP contribution in [0.2, 0.25) is 0 Å². The molecule has 0 aromatic rings. The molecule has 1 heterocycles. The minimum Gasteiger partial charge on any atom is -0.463 e. The number of hydrogen-bond acceptors (Lipinski definition) is 5. The van der Waals surface area contributed by atoms with E-state index in [2.05, 4.69) is 0 Å². The monoisotopic (exact) mass is 187 g/mol. The predicted octanol–water partition coefficient (Wildman–Crippen LogP) is 0.0357. The van der Waals surface area contributed by atoms with Gasteiger partial charge in [0.25, 0.3) is 0 Å². The van der Waals surface area contributed by atoms with E-state index >= 15 is 0 Å². The highest BCUT2D eigenvalue weighted by atomic mass is 32.2. The number of rotatable bonds is 2. The molecule has 12 heavy (non-hydrogen) atoms. The zero-order valence-corrected chi connectivity index (χ0v) is 7.44. The molecular formula is C7H9NO3S. The van der Waals surface area contributed by atoms with Crippen LogP contribution in [0.4, 0.5) is 0 Å². The fraction of sp³-hybridized carbons (Fsp3) is 0.429. The van der Waals surface area contributed by atoms with Crippen LogP contribution >= 0.6 is 11.8 Å². The summed E-state index contributed by atoms with van der Waals surface area (Å²) in [4.78, 5) is 21.9. The Kier molecular flexibility index (Phi) is 2.75. The number of carbonyl (C=O) groups is 2. The average Bonchev–Trinajstić information content (AvgIpc) is 2.34. The van der Waals surface area contributed by atoms with Gasteiger partial charge in [-0.1, -0.05) is 11.8 Å². The maximum absolute atomic E-state index is 11.1. The number of hydrogen-bond donors (Lipinski definition) is 1. The highest BCUT2D eigenvalue weighted by Crippen LogP contribution is 2.23. The average molecular weight is 187 g/mol. The van der Waals surface area contributed by atoms with E-state index in [0.717, 1.165) is 11.8 Å². The van der Waals surface area contributed by atoms with Crippen molar-refractivity contribution in [3.8, 4) is 0 Å². The van der Waals surface area contributed by atoms with Gasteiger partial charge in [0, 0.05) is 5.75 Å². The van der Waals surface area contributed by atoms with Gasteiger partial charge in [-0.3, -0.25) is 4.79 Å². The highest BCUT2D eigenvalue weighted by Gasteiger charge is 2.26. The Morgan fingerprint density at radius 2 is 2.42 bits per heavy atom. The summed E-state index contributed by atoms with van der Waals surface area (Å²) in [5.74, 6) is -0.142. The van der Waals surface area contributed by atoms with Crippen molar-refractivity contribution in [2.75, 3.05) is 12.4 Å². The summed E-state index contributed by atoms with van der Waals surface area (Å²) in [5, 5.41) is -0.238. The molecule has 66 valence electrons. The number of ether oxygens (including phenoxy) is 1. The lowest BCUT2D eigenvalue weighted by molar-refractivity contribution is -0.138. The van der Waals surface area contributed by atoms with Crippen LogP contribution in [0.25, 0.3) is 0 Å². The lowest BCUT2D eigenvalue weighted by atomic mass is 10.2. The largest absolute Gasteiger partial charge is 0.463 e. The van der Waals surface area contributed by atoms with Crippen molar-refractivity contribution >= 4 is 22.8 Å². The molecule has 1 aliphatic heterocycles. The Bertz CT molecular complexity index is 259. The molecule has 0 amide bonds. The summed E-state index contributed by atoms with van der Waals surface area (Å²) < 4.78 is 4.70. The fourth-order valence-electron chi connectivity index (χ4n) is 0.804. The standard InChI is InChI=1S/C7H9NO3S/c1-2-11-6(9)4-3-12-7(10)5(4)8/h2-3,8H2,1H3. The molecule has 0 bridgehead atoms. The zero-order chi connectivity index (χ0) is 9.14. The maximum atomic E-state index is 11.1. The first-order valence-corrected chi connectivity index (χ1v) is 4.48. The molecule has 0 saturated carbocycles. The third-order valence-corrected chi connectivity index (χ3v) is 2.33. The molecule has 1 rings (SSSR count). The van der Waals surface area contributed by atoms with Gasteiger partial charge in [0.2, 0.25) is 5.12 Å². The van der Waals surface area contributed by atoms with Crippen molar-refractivity contribution in [1.82, 2.24) is 0 Å². The summed E-state index contributed by atoms with van der Waals surface area (Å²) in [7, 11) is 0. The Morgan fingerprint density at radius 1 is 1.75 bits per heavy atom. The van der Waals surface area contributed by atoms with Gasteiger partial charge in [0.15, 0.2) is 0 Å². The van der Waals surface area contributed by atoms with Crippen LogP contribution in [0.5, 0.6) is 0 Å². The number of esters is 1. The van der Waals surface area contributed by atoms with Crippen molar-refractivity contribution in [1.29, 1.82) is 0 Å². The first-order valence-electron chi connectivity index (χ1n) is 3.49. The van der Waals surface area contributed by atoms with Crippen LogP contribution in [0, 0.1) is 0 Å². The maximum Gasteiger partial charge on any atom is 0.337 e. The molecule has 0 saturated heterocycles. The van der Waals surface area contributed by atoms with Gasteiger partial charge in [0.05, 0.1) is 17.9 Å². The molecule has 4 nitrogen and oxygen atoms in total. The number of carbonyl (C=O) groups excluding carboxylic acids is 2. The number of nitrogens with two attached hydrogens (primary N) is 1. The van der Waals surface area contributed by atoms with Crippen molar-refractivity contribution in [3.63, 3.8) is 0 Å². The van der Waals surface area contributed by atoms with E-state index in [1.54, 1.807) is 6.92 Å². The quantitative estimate of drug-likeness (QED) is 0.618. The van der Waals surface area contributed by atoms with Gasteiger partial charge in [-0.05, 0) is 6.92 Å². The summed E-state index contributed by atoms with van der Waals surface area (Å²) >= 11 is 1.03. The molecular weight excluding hydrogens is 178 g/mol. The van der Waals surface area contributed by atoms with Gasteiger partial charge in [0.1, 0.15) is 0 Å². The van der Waals surface area contributed by atoms with E-state index in [9.17, 15) is 9.59 Å². The molecule has 0 aliphatic carbocycles. The van der Waals surface area contributed by atoms with Crippen LogP contribution in [-0.2, 0) is 14.3 Å². The third-order valence-electron chi connectivity index (χ3n) is 1.41. The third kappa shape index (κ3) is 1.61. The summed E-state index contributed by atoms with van der Waals surface area (Å²) in [6.45, 7) is 2.01. The molecule has 1 aliphatic rings. The first kappa shape index (κ1) is 9.12. The van der Waals surface area contributed by atoms with Crippen LogP contribution in [0.15, 0.2) is 11.3 Å². The van der Waals surface area contributed by atoms with E-state index in [4.69, 9.17) is 10.5 Å². The molecule has 5 heteroatoms. The summed E-state index contributed by atoms with van der Waals surface area (Å²) in [5.41, 5.74) is 5.70. The van der Waals surface area contributed by atoms with Crippen molar-refractivity contribution in [3.05, 3.63) is 11.3 Å². The van der Waals surface area contributed by atoms with Crippen LogP contribution < -0.4 is 5.73 Å². The van der Waals surface area contributed by atoms with Crippen LogP contribution in [-0.4, -0.2) is 23.4 Å².